The lowest BCUT2D eigenvalue weighted by Crippen LogP contribution is -2.34. The summed E-state index contributed by atoms with van der Waals surface area (Å²) in [5, 5.41) is 3.18. The van der Waals surface area contributed by atoms with Crippen LogP contribution < -0.4 is 5.32 Å². The molecule has 3 heteroatoms. The summed E-state index contributed by atoms with van der Waals surface area (Å²) in [6, 6.07) is 8.51. The maximum absolute atomic E-state index is 6.38. The summed E-state index contributed by atoms with van der Waals surface area (Å²) in [6.07, 6.45) is 3.13. The summed E-state index contributed by atoms with van der Waals surface area (Å²) in [5.41, 5.74) is 3.89. The van der Waals surface area contributed by atoms with Crippen molar-refractivity contribution in [1.82, 2.24) is 5.32 Å². The second-order valence-electron chi connectivity index (χ2n) is 6.91. The van der Waals surface area contributed by atoms with Gasteiger partial charge < -0.3 is 9.97 Å². The third-order valence-corrected chi connectivity index (χ3v) is 4.87. The Balaban J connectivity index is 0.00000116. The number of hydrogen-bond donors (Lipinski definition) is 1. The van der Waals surface area contributed by atoms with Crippen molar-refractivity contribution in [2.75, 3.05) is 7.05 Å². The molecule has 1 fully saturated rings. The highest BCUT2D eigenvalue weighted by atomic mass is 16.5. The molecular weight excluding hydrogens is 269 g/mol. The Morgan fingerprint density at radius 1 is 1.23 bits per heavy atom. The molecule has 1 aromatic carbocycles. The number of aryl methyl sites for hydroxylation is 1. The quantitative estimate of drug-likeness (QED) is 0.644. The van der Waals surface area contributed by atoms with Crippen LogP contribution in [0.25, 0.3) is 5.47 Å². The lowest BCUT2D eigenvalue weighted by Gasteiger charge is -2.34. The molecule has 0 amide bonds. The van der Waals surface area contributed by atoms with E-state index in [1.165, 1.54) is 16.6 Å². The molecule has 2 rings (SSSR count). The van der Waals surface area contributed by atoms with Crippen molar-refractivity contribution in [3.63, 3.8) is 0 Å². The van der Waals surface area contributed by atoms with E-state index < -0.39 is 0 Å². The first-order valence-corrected chi connectivity index (χ1v) is 7.90. The standard InChI is InChI=1S/C17H26BNO.C2H4/c1-13-9-7-8-10-14(13)15(11-19-6)18-12-16(2,3)17(4,5)20-18;1-2/h7-11,19H,12H2,1-6H3;1-2H2/b15-11+;. The number of nitrogens with one attached hydrogen (secondary N) is 1. The molecule has 22 heavy (non-hydrogen) atoms. The average molecular weight is 299 g/mol. The van der Waals surface area contributed by atoms with Gasteiger partial charge in [-0.1, -0.05) is 38.1 Å². The fourth-order valence-corrected chi connectivity index (χ4v) is 2.84. The van der Waals surface area contributed by atoms with E-state index in [-0.39, 0.29) is 17.9 Å². The SMILES string of the molecule is C=C.CN/C=C(/B1CC(C)(C)C(C)(C)O1)c1ccccc1C. The minimum absolute atomic E-state index is 0.104. The van der Waals surface area contributed by atoms with E-state index in [2.05, 4.69) is 83.6 Å². The van der Waals surface area contributed by atoms with Crippen LogP contribution in [-0.2, 0) is 4.65 Å². The zero-order chi connectivity index (χ0) is 17.0. The molecule has 0 bridgehead atoms. The van der Waals surface area contributed by atoms with E-state index in [1.807, 2.05) is 7.05 Å². The van der Waals surface area contributed by atoms with Gasteiger partial charge in [0.2, 0.25) is 0 Å². The van der Waals surface area contributed by atoms with Gasteiger partial charge in [-0.25, -0.2) is 0 Å². The Labute approximate surface area is 136 Å². The zero-order valence-corrected chi connectivity index (χ0v) is 15.0. The Hall–Kier alpha value is -1.48. The van der Waals surface area contributed by atoms with Crippen LogP contribution in [0, 0.1) is 12.3 Å². The maximum Gasteiger partial charge on any atom is 0.330 e. The fourth-order valence-electron chi connectivity index (χ4n) is 2.84. The molecule has 1 saturated heterocycles. The molecule has 1 aliphatic heterocycles. The highest BCUT2D eigenvalue weighted by Crippen LogP contribution is 2.48. The van der Waals surface area contributed by atoms with Gasteiger partial charge in [0.05, 0.1) is 5.60 Å². The molecule has 0 unspecified atom stereocenters. The van der Waals surface area contributed by atoms with Crippen molar-refractivity contribution < 1.29 is 4.65 Å². The van der Waals surface area contributed by atoms with Gasteiger partial charge in [0.15, 0.2) is 0 Å². The smallest absolute Gasteiger partial charge is 0.330 e. The molecular formula is C19H30BNO. The van der Waals surface area contributed by atoms with Crippen LogP contribution in [0.3, 0.4) is 0 Å². The Kier molecular flexibility index (Phi) is 6.07. The van der Waals surface area contributed by atoms with Gasteiger partial charge in [-0.2, -0.15) is 0 Å². The topological polar surface area (TPSA) is 21.3 Å². The highest BCUT2D eigenvalue weighted by Gasteiger charge is 2.50. The van der Waals surface area contributed by atoms with Gasteiger partial charge in [-0.15, -0.1) is 13.2 Å². The molecule has 0 aliphatic carbocycles. The molecule has 0 atom stereocenters. The van der Waals surface area contributed by atoms with E-state index in [0.29, 0.717) is 0 Å². The van der Waals surface area contributed by atoms with Crippen LogP contribution in [0.1, 0.15) is 38.8 Å². The van der Waals surface area contributed by atoms with Crippen molar-refractivity contribution in [1.29, 1.82) is 0 Å². The molecule has 1 heterocycles. The van der Waals surface area contributed by atoms with Crippen molar-refractivity contribution in [3.8, 4) is 0 Å². The minimum Gasteiger partial charge on any atom is -0.425 e. The van der Waals surface area contributed by atoms with Gasteiger partial charge in [0.1, 0.15) is 0 Å². The molecule has 1 aromatic rings. The van der Waals surface area contributed by atoms with Crippen molar-refractivity contribution in [2.45, 2.75) is 46.5 Å². The second kappa shape index (κ2) is 7.19. The number of benzene rings is 1. The normalized spacial score (nSPS) is 19.4. The van der Waals surface area contributed by atoms with Crippen molar-refractivity contribution in [2.24, 2.45) is 5.41 Å². The monoisotopic (exact) mass is 299 g/mol. The van der Waals surface area contributed by atoms with Gasteiger partial charge in [-0.3, -0.25) is 0 Å². The molecule has 0 spiro atoms. The average Bonchev–Trinajstić information content (AvgIpc) is 2.68. The fraction of sp³-hybridized carbons (Fsp3) is 0.474. The van der Waals surface area contributed by atoms with E-state index in [1.54, 1.807) is 0 Å². The lowest BCUT2D eigenvalue weighted by atomic mass is 9.52. The van der Waals surface area contributed by atoms with Crippen LogP contribution in [0.2, 0.25) is 6.32 Å². The number of hydrogen-bond acceptors (Lipinski definition) is 2. The third-order valence-electron chi connectivity index (χ3n) is 4.87. The molecule has 1 N–H and O–H groups in total. The molecule has 0 saturated carbocycles. The van der Waals surface area contributed by atoms with Crippen LogP contribution in [0.4, 0.5) is 0 Å². The third kappa shape index (κ3) is 3.64. The summed E-state index contributed by atoms with van der Waals surface area (Å²) < 4.78 is 6.38. The summed E-state index contributed by atoms with van der Waals surface area (Å²) in [6.45, 7) is 17.3. The highest BCUT2D eigenvalue weighted by molar-refractivity contribution is 6.74. The first kappa shape index (κ1) is 18.6. The van der Waals surface area contributed by atoms with Gasteiger partial charge in [-0.05, 0) is 55.3 Å². The summed E-state index contributed by atoms with van der Waals surface area (Å²) in [5.74, 6) is 0. The van der Waals surface area contributed by atoms with Crippen LogP contribution in [0.5, 0.6) is 0 Å². The van der Waals surface area contributed by atoms with Gasteiger partial charge >= 0.3 is 6.92 Å². The van der Waals surface area contributed by atoms with Gasteiger partial charge in [0.25, 0.3) is 0 Å². The predicted molar refractivity (Wildman–Crippen MR) is 99.0 cm³/mol. The van der Waals surface area contributed by atoms with E-state index >= 15 is 0 Å². The number of rotatable bonds is 3. The summed E-state index contributed by atoms with van der Waals surface area (Å²) in [4.78, 5) is 0. The zero-order valence-electron chi connectivity index (χ0n) is 15.0. The second-order valence-corrected chi connectivity index (χ2v) is 6.91. The van der Waals surface area contributed by atoms with E-state index in [9.17, 15) is 0 Å². The summed E-state index contributed by atoms with van der Waals surface area (Å²) in [7, 11) is 1.95. The molecule has 0 radical (unpaired) electrons. The van der Waals surface area contributed by atoms with Gasteiger partial charge in [0, 0.05) is 7.05 Å². The van der Waals surface area contributed by atoms with Crippen molar-refractivity contribution >= 4 is 12.4 Å². The Morgan fingerprint density at radius 2 is 1.82 bits per heavy atom. The summed E-state index contributed by atoms with van der Waals surface area (Å²) >= 11 is 0. The van der Waals surface area contributed by atoms with E-state index in [0.717, 1.165) is 6.32 Å². The van der Waals surface area contributed by atoms with Crippen LogP contribution in [-0.4, -0.2) is 19.6 Å². The van der Waals surface area contributed by atoms with Crippen LogP contribution >= 0.6 is 0 Å². The first-order valence-electron chi connectivity index (χ1n) is 7.90. The molecule has 0 aromatic heterocycles. The van der Waals surface area contributed by atoms with Crippen molar-refractivity contribution in [3.05, 3.63) is 54.8 Å². The molecule has 120 valence electrons. The maximum atomic E-state index is 6.38. The predicted octanol–water partition coefficient (Wildman–Crippen LogP) is 4.72. The molecule has 1 aliphatic rings. The largest absolute Gasteiger partial charge is 0.425 e. The Morgan fingerprint density at radius 3 is 2.27 bits per heavy atom. The first-order chi connectivity index (χ1) is 10.3. The molecule has 2 nitrogen and oxygen atoms in total. The minimum atomic E-state index is -0.104. The van der Waals surface area contributed by atoms with E-state index in [4.69, 9.17) is 4.65 Å². The van der Waals surface area contributed by atoms with Crippen LogP contribution in [0.15, 0.2) is 43.6 Å². The lowest BCUT2D eigenvalue weighted by molar-refractivity contribution is 0.0376. The Bertz CT molecular complexity index is 518.